The van der Waals surface area contributed by atoms with Crippen LogP contribution in [0.1, 0.15) is 12.8 Å². The van der Waals surface area contributed by atoms with E-state index < -0.39 is 0 Å². The Labute approximate surface area is 111 Å². The molecule has 1 aliphatic heterocycles. The third-order valence-electron chi connectivity index (χ3n) is 3.10. The number of rotatable bonds is 5. The number of hydrogen-bond donors (Lipinski definition) is 1. The summed E-state index contributed by atoms with van der Waals surface area (Å²) in [6.45, 7) is 4.57. The number of methoxy groups -OCH3 is 1. The van der Waals surface area contributed by atoms with Crippen molar-refractivity contribution in [2.75, 3.05) is 38.6 Å². The molecule has 1 fully saturated rings. The molecule has 94 valence electrons. The van der Waals surface area contributed by atoms with Crippen molar-refractivity contribution in [1.82, 2.24) is 4.90 Å². The zero-order valence-corrected chi connectivity index (χ0v) is 11.8. The van der Waals surface area contributed by atoms with Gasteiger partial charge in [0.1, 0.15) is 5.75 Å². The monoisotopic (exact) mass is 298 g/mol. The van der Waals surface area contributed by atoms with Crippen LogP contribution in [0.15, 0.2) is 22.7 Å². The van der Waals surface area contributed by atoms with E-state index in [2.05, 4.69) is 32.2 Å². The highest BCUT2D eigenvalue weighted by Gasteiger charge is 2.10. The molecule has 4 heteroatoms. The van der Waals surface area contributed by atoms with Crippen LogP contribution in [0.3, 0.4) is 0 Å². The van der Waals surface area contributed by atoms with Crippen molar-refractivity contribution in [3.8, 4) is 5.75 Å². The smallest absolute Gasteiger partial charge is 0.142 e. The van der Waals surface area contributed by atoms with Gasteiger partial charge in [0.25, 0.3) is 0 Å². The van der Waals surface area contributed by atoms with Crippen molar-refractivity contribution in [3.05, 3.63) is 22.7 Å². The number of nitrogens with zero attached hydrogens (tertiary/aromatic N) is 1. The zero-order valence-electron chi connectivity index (χ0n) is 10.2. The van der Waals surface area contributed by atoms with Crippen LogP contribution in [0.2, 0.25) is 0 Å². The number of halogens is 1. The lowest BCUT2D eigenvalue weighted by molar-refractivity contribution is 0.352. The Morgan fingerprint density at radius 3 is 2.82 bits per heavy atom. The molecule has 0 atom stereocenters. The fourth-order valence-corrected chi connectivity index (χ4v) is 2.53. The maximum absolute atomic E-state index is 5.33. The molecule has 0 aliphatic carbocycles. The van der Waals surface area contributed by atoms with Gasteiger partial charge in [0.15, 0.2) is 0 Å². The van der Waals surface area contributed by atoms with Crippen molar-refractivity contribution in [3.63, 3.8) is 0 Å². The van der Waals surface area contributed by atoms with E-state index in [1.807, 2.05) is 12.1 Å². The summed E-state index contributed by atoms with van der Waals surface area (Å²) in [7, 11) is 1.70. The van der Waals surface area contributed by atoms with Crippen LogP contribution < -0.4 is 10.1 Å². The van der Waals surface area contributed by atoms with Crippen molar-refractivity contribution < 1.29 is 4.74 Å². The molecular formula is C13H19BrN2O. The van der Waals surface area contributed by atoms with E-state index in [4.69, 9.17) is 4.74 Å². The number of nitrogens with one attached hydrogen (secondary N) is 1. The fraction of sp³-hybridized carbons (Fsp3) is 0.538. The van der Waals surface area contributed by atoms with Gasteiger partial charge in [-0.05, 0) is 44.1 Å². The van der Waals surface area contributed by atoms with Crippen LogP contribution >= 0.6 is 15.9 Å². The molecule has 0 saturated carbocycles. The second kappa shape index (κ2) is 6.26. The summed E-state index contributed by atoms with van der Waals surface area (Å²) in [4.78, 5) is 2.50. The molecule has 0 bridgehead atoms. The molecule has 17 heavy (non-hydrogen) atoms. The number of ether oxygens (including phenoxy) is 1. The first-order chi connectivity index (χ1) is 8.29. The molecule has 1 aliphatic rings. The van der Waals surface area contributed by atoms with Crippen molar-refractivity contribution in [2.24, 2.45) is 0 Å². The zero-order chi connectivity index (χ0) is 12.1. The standard InChI is InChI=1S/C13H19BrN2O/c1-17-13-5-4-11(14)10-12(13)15-6-9-16-7-2-3-8-16/h4-5,10,15H,2-3,6-9H2,1H3. The molecule has 0 amide bonds. The number of likely N-dealkylation sites (tertiary alicyclic amines) is 1. The Bertz CT molecular complexity index is 364. The molecule has 3 nitrogen and oxygen atoms in total. The minimum atomic E-state index is 0.898. The van der Waals surface area contributed by atoms with Gasteiger partial charge < -0.3 is 15.0 Å². The minimum Gasteiger partial charge on any atom is -0.495 e. The largest absolute Gasteiger partial charge is 0.495 e. The number of hydrogen-bond acceptors (Lipinski definition) is 3. The van der Waals surface area contributed by atoms with Gasteiger partial charge in [-0.15, -0.1) is 0 Å². The second-order valence-electron chi connectivity index (χ2n) is 4.32. The summed E-state index contributed by atoms with van der Waals surface area (Å²) < 4.78 is 6.40. The Balaban J connectivity index is 1.86. The maximum atomic E-state index is 5.33. The molecule has 2 rings (SSSR count). The summed E-state index contributed by atoms with van der Waals surface area (Å²) in [6.07, 6.45) is 2.69. The lowest BCUT2D eigenvalue weighted by Crippen LogP contribution is -2.26. The van der Waals surface area contributed by atoms with Crippen molar-refractivity contribution >= 4 is 21.6 Å². The van der Waals surface area contributed by atoms with Crippen LogP contribution in [-0.4, -0.2) is 38.2 Å². The third kappa shape index (κ3) is 3.61. The van der Waals surface area contributed by atoms with Gasteiger partial charge in [0.2, 0.25) is 0 Å². The summed E-state index contributed by atoms with van der Waals surface area (Å²) in [5, 5.41) is 3.44. The molecule has 0 radical (unpaired) electrons. The van der Waals surface area contributed by atoms with Crippen LogP contribution in [0.5, 0.6) is 5.75 Å². The summed E-state index contributed by atoms with van der Waals surface area (Å²) in [6, 6.07) is 6.02. The average Bonchev–Trinajstić information content (AvgIpc) is 2.82. The van der Waals surface area contributed by atoms with Crippen molar-refractivity contribution in [2.45, 2.75) is 12.8 Å². The molecule has 1 heterocycles. The predicted molar refractivity (Wildman–Crippen MR) is 74.9 cm³/mol. The molecule has 1 aromatic carbocycles. The van der Waals surface area contributed by atoms with E-state index in [1.54, 1.807) is 7.11 Å². The van der Waals surface area contributed by atoms with E-state index in [0.29, 0.717) is 0 Å². The minimum absolute atomic E-state index is 0.898. The summed E-state index contributed by atoms with van der Waals surface area (Å²) >= 11 is 3.48. The molecule has 0 aromatic heterocycles. The first-order valence-electron chi connectivity index (χ1n) is 6.09. The first kappa shape index (κ1) is 12.7. The van der Waals surface area contributed by atoms with Gasteiger partial charge in [-0.2, -0.15) is 0 Å². The molecule has 1 saturated heterocycles. The molecule has 0 unspecified atom stereocenters. The third-order valence-corrected chi connectivity index (χ3v) is 3.60. The van der Waals surface area contributed by atoms with Gasteiger partial charge >= 0.3 is 0 Å². The van der Waals surface area contributed by atoms with E-state index in [9.17, 15) is 0 Å². The quantitative estimate of drug-likeness (QED) is 0.904. The number of benzene rings is 1. The van der Waals surface area contributed by atoms with Gasteiger partial charge in [-0.3, -0.25) is 0 Å². The topological polar surface area (TPSA) is 24.5 Å². The van der Waals surface area contributed by atoms with E-state index in [1.165, 1.54) is 25.9 Å². The predicted octanol–water partition coefficient (Wildman–Crippen LogP) is 2.97. The number of anilines is 1. The molecule has 1 aromatic rings. The maximum Gasteiger partial charge on any atom is 0.142 e. The lowest BCUT2D eigenvalue weighted by Gasteiger charge is -2.16. The lowest BCUT2D eigenvalue weighted by atomic mass is 10.3. The molecular weight excluding hydrogens is 280 g/mol. The fourth-order valence-electron chi connectivity index (χ4n) is 2.17. The van der Waals surface area contributed by atoms with Gasteiger partial charge in [-0.1, -0.05) is 15.9 Å². The highest BCUT2D eigenvalue weighted by atomic mass is 79.9. The van der Waals surface area contributed by atoms with Crippen LogP contribution in [0.4, 0.5) is 5.69 Å². The van der Waals surface area contributed by atoms with E-state index in [0.717, 1.165) is 29.0 Å². The Morgan fingerprint density at radius 2 is 2.12 bits per heavy atom. The molecule has 0 spiro atoms. The summed E-state index contributed by atoms with van der Waals surface area (Å²) in [5.74, 6) is 0.898. The highest BCUT2D eigenvalue weighted by molar-refractivity contribution is 9.10. The van der Waals surface area contributed by atoms with E-state index in [-0.39, 0.29) is 0 Å². The van der Waals surface area contributed by atoms with Gasteiger partial charge in [-0.25, -0.2) is 0 Å². The van der Waals surface area contributed by atoms with Crippen molar-refractivity contribution in [1.29, 1.82) is 0 Å². The van der Waals surface area contributed by atoms with Crippen LogP contribution in [0, 0.1) is 0 Å². The molecule has 1 N–H and O–H groups in total. The first-order valence-corrected chi connectivity index (χ1v) is 6.88. The normalized spacial score (nSPS) is 16.1. The second-order valence-corrected chi connectivity index (χ2v) is 5.24. The van der Waals surface area contributed by atoms with Gasteiger partial charge in [0, 0.05) is 17.6 Å². The average molecular weight is 299 g/mol. The Hall–Kier alpha value is -0.740. The van der Waals surface area contributed by atoms with Crippen LogP contribution in [-0.2, 0) is 0 Å². The van der Waals surface area contributed by atoms with Gasteiger partial charge in [0.05, 0.1) is 12.8 Å². The Kier molecular flexibility index (Phi) is 4.68. The Morgan fingerprint density at radius 1 is 1.35 bits per heavy atom. The highest BCUT2D eigenvalue weighted by Crippen LogP contribution is 2.27. The SMILES string of the molecule is COc1ccc(Br)cc1NCCN1CCCC1. The van der Waals surface area contributed by atoms with Crippen LogP contribution in [0.25, 0.3) is 0 Å². The van der Waals surface area contributed by atoms with E-state index >= 15 is 0 Å². The summed E-state index contributed by atoms with van der Waals surface area (Å²) in [5.41, 5.74) is 1.06.